The van der Waals surface area contributed by atoms with E-state index in [1.807, 2.05) is 23.9 Å². The average Bonchev–Trinajstić information content (AvgIpc) is 2.17. The summed E-state index contributed by atoms with van der Waals surface area (Å²) in [5.41, 5.74) is 7.79. The van der Waals surface area contributed by atoms with Crippen molar-refractivity contribution in [3.63, 3.8) is 0 Å². The molecule has 1 rings (SSSR count). The van der Waals surface area contributed by atoms with Crippen molar-refractivity contribution in [2.75, 3.05) is 29.6 Å². The van der Waals surface area contributed by atoms with Crippen molar-refractivity contribution in [1.82, 2.24) is 0 Å². The monoisotopic (exact) mass is 336 g/mol. The summed E-state index contributed by atoms with van der Waals surface area (Å²) >= 11 is 4.15. The second kappa shape index (κ2) is 6.48. The van der Waals surface area contributed by atoms with Gasteiger partial charge in [-0.25, -0.2) is 0 Å². The molecule has 0 fully saturated rings. The molecule has 1 aromatic carbocycles. The van der Waals surface area contributed by atoms with Crippen LogP contribution >= 0.6 is 34.4 Å². The third-order valence-electron chi connectivity index (χ3n) is 2.11. The minimum Gasteiger partial charge on any atom is -0.397 e. The molecule has 0 aliphatic heterocycles. The van der Waals surface area contributed by atoms with E-state index >= 15 is 0 Å². The molecule has 1 aromatic rings. The summed E-state index contributed by atoms with van der Waals surface area (Å²) < 4.78 is 1.17. The standard InChI is InChI=1S/C11H17IN2S/c1-8(7-15-2)6-14-11-4-3-9(12)5-10(11)13/h3-5,8,14H,6-7,13H2,1-2H3. The Labute approximate surface area is 110 Å². The lowest BCUT2D eigenvalue weighted by atomic mass is 10.2. The van der Waals surface area contributed by atoms with Crippen LogP contribution in [0.2, 0.25) is 0 Å². The van der Waals surface area contributed by atoms with Crippen LogP contribution in [-0.4, -0.2) is 18.6 Å². The topological polar surface area (TPSA) is 38.0 Å². The Morgan fingerprint density at radius 3 is 2.87 bits per heavy atom. The first-order valence-corrected chi connectivity index (χ1v) is 7.38. The Morgan fingerprint density at radius 1 is 1.53 bits per heavy atom. The van der Waals surface area contributed by atoms with Gasteiger partial charge < -0.3 is 11.1 Å². The van der Waals surface area contributed by atoms with E-state index in [0.717, 1.165) is 17.9 Å². The first-order chi connectivity index (χ1) is 7.13. The molecule has 15 heavy (non-hydrogen) atoms. The highest BCUT2D eigenvalue weighted by molar-refractivity contribution is 14.1. The maximum absolute atomic E-state index is 5.91. The van der Waals surface area contributed by atoms with E-state index in [9.17, 15) is 0 Å². The van der Waals surface area contributed by atoms with Gasteiger partial charge in [-0.05, 0) is 58.7 Å². The Morgan fingerprint density at radius 2 is 2.27 bits per heavy atom. The van der Waals surface area contributed by atoms with Crippen LogP contribution in [0.3, 0.4) is 0 Å². The van der Waals surface area contributed by atoms with Crippen LogP contribution < -0.4 is 11.1 Å². The number of thioether (sulfide) groups is 1. The highest BCUT2D eigenvalue weighted by Gasteiger charge is 2.03. The van der Waals surface area contributed by atoms with Crippen molar-refractivity contribution in [2.24, 2.45) is 5.92 Å². The molecule has 0 heterocycles. The van der Waals surface area contributed by atoms with Crippen LogP contribution in [0.15, 0.2) is 18.2 Å². The molecule has 0 bridgehead atoms. The van der Waals surface area contributed by atoms with Crippen molar-refractivity contribution in [2.45, 2.75) is 6.92 Å². The highest BCUT2D eigenvalue weighted by atomic mass is 127. The quantitative estimate of drug-likeness (QED) is 0.640. The molecule has 1 atom stereocenters. The molecule has 0 spiro atoms. The van der Waals surface area contributed by atoms with E-state index in [-0.39, 0.29) is 0 Å². The Hall–Kier alpha value is -0.100. The number of nitrogens with two attached hydrogens (primary N) is 1. The zero-order chi connectivity index (χ0) is 11.3. The van der Waals surface area contributed by atoms with E-state index in [2.05, 4.69) is 47.2 Å². The van der Waals surface area contributed by atoms with Gasteiger partial charge in [-0.1, -0.05) is 6.92 Å². The lowest BCUT2D eigenvalue weighted by molar-refractivity contribution is 0.702. The summed E-state index contributed by atoms with van der Waals surface area (Å²) in [6, 6.07) is 6.10. The fourth-order valence-electron chi connectivity index (χ4n) is 1.32. The van der Waals surface area contributed by atoms with Gasteiger partial charge in [-0.3, -0.25) is 0 Å². The van der Waals surface area contributed by atoms with Gasteiger partial charge in [-0.2, -0.15) is 11.8 Å². The number of benzene rings is 1. The summed E-state index contributed by atoms with van der Waals surface area (Å²) in [5, 5.41) is 3.38. The Balaban J connectivity index is 2.50. The minimum absolute atomic E-state index is 0.665. The fourth-order valence-corrected chi connectivity index (χ4v) is 2.52. The van der Waals surface area contributed by atoms with Gasteiger partial charge in [0, 0.05) is 10.1 Å². The molecule has 2 nitrogen and oxygen atoms in total. The molecule has 4 heteroatoms. The summed E-state index contributed by atoms with van der Waals surface area (Å²) in [6.45, 7) is 3.22. The van der Waals surface area contributed by atoms with Crippen LogP contribution in [0.1, 0.15) is 6.92 Å². The lowest BCUT2D eigenvalue weighted by Gasteiger charge is -2.14. The van der Waals surface area contributed by atoms with Crippen molar-refractivity contribution in [3.05, 3.63) is 21.8 Å². The van der Waals surface area contributed by atoms with Gasteiger partial charge in [0.05, 0.1) is 11.4 Å². The SMILES string of the molecule is CSCC(C)CNc1ccc(I)cc1N. The van der Waals surface area contributed by atoms with Gasteiger partial charge in [0.2, 0.25) is 0 Å². The molecule has 0 aromatic heterocycles. The van der Waals surface area contributed by atoms with Gasteiger partial charge >= 0.3 is 0 Å². The summed E-state index contributed by atoms with van der Waals surface area (Å²) in [6.07, 6.45) is 2.13. The number of nitrogens with one attached hydrogen (secondary N) is 1. The van der Waals surface area contributed by atoms with Crippen LogP contribution in [0, 0.1) is 9.49 Å². The van der Waals surface area contributed by atoms with Crippen LogP contribution in [-0.2, 0) is 0 Å². The van der Waals surface area contributed by atoms with E-state index in [1.165, 1.54) is 9.32 Å². The molecular formula is C11H17IN2S. The molecule has 0 saturated carbocycles. The zero-order valence-corrected chi connectivity index (χ0v) is 12.1. The van der Waals surface area contributed by atoms with Crippen molar-refractivity contribution < 1.29 is 0 Å². The normalized spacial score (nSPS) is 12.5. The Kier molecular flexibility index (Phi) is 5.60. The molecule has 0 saturated heterocycles. The molecule has 0 aliphatic rings. The Bertz CT molecular complexity index is 317. The first kappa shape index (κ1) is 13.0. The van der Waals surface area contributed by atoms with Gasteiger partial charge in [0.25, 0.3) is 0 Å². The summed E-state index contributed by atoms with van der Waals surface area (Å²) in [4.78, 5) is 0. The second-order valence-corrected chi connectivity index (χ2v) is 5.83. The molecule has 0 amide bonds. The molecule has 3 N–H and O–H groups in total. The second-order valence-electron chi connectivity index (χ2n) is 3.67. The molecule has 1 unspecified atom stereocenters. The van der Waals surface area contributed by atoms with E-state index in [4.69, 9.17) is 5.73 Å². The minimum atomic E-state index is 0.665. The summed E-state index contributed by atoms with van der Waals surface area (Å²) in [7, 11) is 0. The number of halogens is 1. The number of nitrogen functional groups attached to an aromatic ring is 1. The van der Waals surface area contributed by atoms with Gasteiger partial charge in [0.1, 0.15) is 0 Å². The molecule has 0 radical (unpaired) electrons. The van der Waals surface area contributed by atoms with Crippen molar-refractivity contribution in [3.8, 4) is 0 Å². The van der Waals surface area contributed by atoms with Crippen LogP contribution in [0.25, 0.3) is 0 Å². The van der Waals surface area contributed by atoms with Crippen molar-refractivity contribution in [1.29, 1.82) is 0 Å². The number of hydrogen-bond acceptors (Lipinski definition) is 3. The highest BCUT2D eigenvalue weighted by Crippen LogP contribution is 2.21. The van der Waals surface area contributed by atoms with Crippen LogP contribution in [0.4, 0.5) is 11.4 Å². The molecular weight excluding hydrogens is 319 g/mol. The maximum atomic E-state index is 5.91. The van der Waals surface area contributed by atoms with E-state index in [0.29, 0.717) is 5.92 Å². The van der Waals surface area contributed by atoms with E-state index < -0.39 is 0 Å². The van der Waals surface area contributed by atoms with Gasteiger partial charge in [-0.15, -0.1) is 0 Å². The predicted molar refractivity (Wildman–Crippen MR) is 79.6 cm³/mol. The number of hydrogen-bond donors (Lipinski definition) is 2. The first-order valence-electron chi connectivity index (χ1n) is 4.91. The van der Waals surface area contributed by atoms with Crippen LogP contribution in [0.5, 0.6) is 0 Å². The smallest absolute Gasteiger partial charge is 0.0574 e. The van der Waals surface area contributed by atoms with Gasteiger partial charge in [0.15, 0.2) is 0 Å². The lowest BCUT2D eigenvalue weighted by Crippen LogP contribution is -2.14. The van der Waals surface area contributed by atoms with Crippen molar-refractivity contribution >= 4 is 45.7 Å². The molecule has 84 valence electrons. The average molecular weight is 336 g/mol. The third-order valence-corrected chi connectivity index (χ3v) is 3.68. The zero-order valence-electron chi connectivity index (χ0n) is 9.09. The number of anilines is 2. The van der Waals surface area contributed by atoms with E-state index in [1.54, 1.807) is 0 Å². The predicted octanol–water partition coefficient (Wildman–Crippen LogP) is 3.28. The maximum Gasteiger partial charge on any atom is 0.0574 e. The number of rotatable bonds is 5. The third kappa shape index (κ3) is 4.51. The molecule has 0 aliphatic carbocycles. The summed E-state index contributed by atoms with van der Waals surface area (Å²) in [5.74, 6) is 1.84. The largest absolute Gasteiger partial charge is 0.397 e. The fraction of sp³-hybridized carbons (Fsp3) is 0.455.